The third kappa shape index (κ3) is 3.20. The van der Waals surface area contributed by atoms with Gasteiger partial charge in [0, 0.05) is 43.1 Å². The smallest absolute Gasteiger partial charge is 0.282 e. The van der Waals surface area contributed by atoms with Crippen molar-refractivity contribution in [2.75, 3.05) is 0 Å². The Balaban J connectivity index is 0.989. The first-order valence-corrected chi connectivity index (χ1v) is 19.0. The summed E-state index contributed by atoms with van der Waals surface area (Å²) in [6.07, 6.45) is 0. The molecule has 14 aromatic rings. The molecule has 0 saturated carbocycles. The molecule has 0 N–H and O–H groups in total. The lowest BCUT2D eigenvalue weighted by Crippen LogP contribution is -2.21. The number of fused-ring (bicyclic) bond motifs is 17. The predicted molar refractivity (Wildman–Crippen MR) is 230 cm³/mol. The largest absolute Gasteiger partial charge is 0.308 e. The maximum absolute atomic E-state index is 14.3. The molecule has 0 atom stereocenters. The van der Waals surface area contributed by atoms with Crippen LogP contribution in [0, 0.1) is 0 Å². The molecule has 0 spiro atoms. The van der Waals surface area contributed by atoms with E-state index in [1.165, 1.54) is 69.7 Å². The Hall–Kier alpha value is -7.70. The Morgan fingerprint density at radius 3 is 1.14 bits per heavy atom. The van der Waals surface area contributed by atoms with Crippen molar-refractivity contribution in [1.29, 1.82) is 0 Å². The van der Waals surface area contributed by atoms with Crippen molar-refractivity contribution in [3.05, 3.63) is 178 Å². The summed E-state index contributed by atoms with van der Waals surface area (Å²) in [6.45, 7) is 0. The quantitative estimate of drug-likeness (QED) is 0.179. The number of aromatic nitrogens is 4. The van der Waals surface area contributed by atoms with Crippen LogP contribution in [0.4, 0.5) is 0 Å². The van der Waals surface area contributed by atoms with Gasteiger partial charge in [-0.3, -0.25) is 9.59 Å². The van der Waals surface area contributed by atoms with Crippen LogP contribution in [0.3, 0.4) is 0 Å². The molecular formula is C50H26N4O2. The lowest BCUT2D eigenvalue weighted by Gasteiger charge is -2.07. The van der Waals surface area contributed by atoms with E-state index in [1.807, 2.05) is 24.3 Å². The van der Waals surface area contributed by atoms with Gasteiger partial charge in [0.05, 0.1) is 54.9 Å². The van der Waals surface area contributed by atoms with Crippen LogP contribution in [0.15, 0.2) is 167 Å². The Labute approximate surface area is 315 Å². The van der Waals surface area contributed by atoms with E-state index in [0.717, 1.165) is 33.3 Å². The van der Waals surface area contributed by atoms with Gasteiger partial charge in [0.2, 0.25) is 0 Å². The average molecular weight is 715 g/mol. The fourth-order valence-corrected chi connectivity index (χ4v) is 10.4. The minimum absolute atomic E-state index is 0.310. The highest BCUT2D eigenvalue weighted by atomic mass is 16.2. The molecule has 56 heavy (non-hydrogen) atoms. The standard InChI is InChI=1S/C50H26N4O2/c55-49-37-25-27(29-19-21-33-31-9-1-5-13-39(31)51-41-15-7-3-11-35(41)45(29)47(33)51)17-23-43(37)53-44-24-18-28(26-38(44)50(56)54(49)53)30-20-22-34-32-10-2-6-14-40(32)52-42-16-8-4-12-36(42)46(30)48(34)52/h1-26H. The first-order chi connectivity index (χ1) is 27.7. The summed E-state index contributed by atoms with van der Waals surface area (Å²) < 4.78 is 7.85. The second-order valence-electron chi connectivity index (χ2n) is 15.2. The zero-order chi connectivity index (χ0) is 36.6. The Morgan fingerprint density at radius 2 is 0.696 bits per heavy atom. The lowest BCUT2D eigenvalue weighted by molar-refractivity contribution is 0.841. The predicted octanol–water partition coefficient (Wildman–Crippen LogP) is 11.1. The van der Waals surface area contributed by atoms with Gasteiger partial charge in [-0.2, -0.15) is 4.52 Å². The van der Waals surface area contributed by atoms with Crippen LogP contribution in [0.1, 0.15) is 0 Å². The fourth-order valence-electron chi connectivity index (χ4n) is 10.4. The summed E-state index contributed by atoms with van der Waals surface area (Å²) in [7, 11) is 0. The topological polar surface area (TPSA) is 51.8 Å². The van der Waals surface area contributed by atoms with Gasteiger partial charge in [-0.05, 0) is 70.8 Å². The van der Waals surface area contributed by atoms with Gasteiger partial charge in [0.15, 0.2) is 0 Å². The first-order valence-electron chi connectivity index (χ1n) is 19.0. The summed E-state index contributed by atoms with van der Waals surface area (Å²) in [5.74, 6) is 0. The Morgan fingerprint density at radius 1 is 0.304 bits per heavy atom. The summed E-state index contributed by atoms with van der Waals surface area (Å²) in [5.41, 5.74) is 11.9. The van der Waals surface area contributed by atoms with Crippen molar-refractivity contribution in [3.63, 3.8) is 0 Å². The zero-order valence-electron chi connectivity index (χ0n) is 29.6. The summed E-state index contributed by atoms with van der Waals surface area (Å²) in [6, 6.07) is 55.1. The fraction of sp³-hybridized carbons (Fsp3) is 0. The van der Waals surface area contributed by atoms with Crippen LogP contribution in [-0.4, -0.2) is 17.8 Å². The summed E-state index contributed by atoms with van der Waals surface area (Å²) in [5, 5.41) is 10.6. The molecule has 0 bridgehead atoms. The van der Waals surface area contributed by atoms with E-state index in [9.17, 15) is 9.59 Å². The van der Waals surface area contributed by atoms with Gasteiger partial charge >= 0.3 is 0 Å². The number of benzene rings is 8. The average Bonchev–Trinajstić information content (AvgIpc) is 4.07. The highest BCUT2D eigenvalue weighted by Crippen LogP contribution is 2.45. The van der Waals surface area contributed by atoms with Gasteiger partial charge in [-0.1, -0.05) is 109 Å². The van der Waals surface area contributed by atoms with Crippen LogP contribution in [0.5, 0.6) is 0 Å². The number of para-hydroxylation sites is 4. The second-order valence-corrected chi connectivity index (χ2v) is 15.2. The van der Waals surface area contributed by atoms with E-state index in [2.05, 4.69) is 142 Å². The van der Waals surface area contributed by atoms with Crippen LogP contribution < -0.4 is 11.1 Å². The number of hydrogen-bond acceptors (Lipinski definition) is 2. The normalized spacial score (nSPS) is 12.8. The van der Waals surface area contributed by atoms with E-state index in [4.69, 9.17) is 0 Å². The van der Waals surface area contributed by atoms with Crippen molar-refractivity contribution < 1.29 is 0 Å². The third-order valence-electron chi connectivity index (χ3n) is 12.6. The van der Waals surface area contributed by atoms with Crippen molar-refractivity contribution >= 4 is 98.0 Å². The van der Waals surface area contributed by atoms with Gasteiger partial charge in [0.25, 0.3) is 11.1 Å². The minimum Gasteiger partial charge on any atom is -0.308 e. The molecule has 8 aromatic carbocycles. The molecule has 6 aromatic heterocycles. The van der Waals surface area contributed by atoms with E-state index in [1.54, 1.807) is 4.52 Å². The van der Waals surface area contributed by atoms with Crippen LogP contribution >= 0.6 is 0 Å². The molecule has 0 radical (unpaired) electrons. The number of rotatable bonds is 2. The molecule has 0 aliphatic carbocycles. The lowest BCUT2D eigenvalue weighted by atomic mass is 9.96. The van der Waals surface area contributed by atoms with Crippen LogP contribution in [0.2, 0.25) is 0 Å². The molecule has 6 heterocycles. The zero-order valence-corrected chi connectivity index (χ0v) is 29.6. The maximum Gasteiger partial charge on any atom is 0.282 e. The van der Waals surface area contributed by atoms with Crippen molar-refractivity contribution in [3.8, 4) is 22.3 Å². The summed E-state index contributed by atoms with van der Waals surface area (Å²) >= 11 is 0. The molecule has 14 rings (SSSR count). The third-order valence-corrected chi connectivity index (χ3v) is 12.6. The van der Waals surface area contributed by atoms with Gasteiger partial charge in [-0.25, -0.2) is 4.52 Å². The Bertz CT molecular complexity index is 3900. The molecule has 0 aliphatic heterocycles. The van der Waals surface area contributed by atoms with Crippen LogP contribution in [0.25, 0.3) is 120 Å². The van der Waals surface area contributed by atoms with Crippen molar-refractivity contribution in [2.24, 2.45) is 0 Å². The minimum atomic E-state index is -0.310. The van der Waals surface area contributed by atoms with Crippen molar-refractivity contribution in [2.45, 2.75) is 0 Å². The molecule has 6 nitrogen and oxygen atoms in total. The number of hydrogen-bond donors (Lipinski definition) is 0. The highest BCUT2D eigenvalue weighted by Gasteiger charge is 2.24. The Kier molecular flexibility index (Phi) is 4.98. The van der Waals surface area contributed by atoms with Gasteiger partial charge in [0.1, 0.15) is 0 Å². The van der Waals surface area contributed by atoms with Gasteiger partial charge < -0.3 is 8.80 Å². The molecule has 0 unspecified atom stereocenters. The van der Waals surface area contributed by atoms with Crippen molar-refractivity contribution in [1.82, 2.24) is 17.8 Å². The first kappa shape index (κ1) is 28.8. The van der Waals surface area contributed by atoms with Crippen LogP contribution in [-0.2, 0) is 0 Å². The molecule has 0 amide bonds. The molecule has 0 aliphatic rings. The van der Waals surface area contributed by atoms with E-state index in [0.29, 0.717) is 21.8 Å². The van der Waals surface area contributed by atoms with E-state index in [-0.39, 0.29) is 11.1 Å². The second kappa shape index (κ2) is 9.69. The monoisotopic (exact) mass is 714 g/mol. The molecular weight excluding hydrogens is 689 g/mol. The molecule has 258 valence electrons. The SMILES string of the molecule is O=c1c2cc(-c3ccc4c5ccccc5n5c6ccccc6c3c45)ccc2n2c3ccc(-c4ccc5c6ccccc6n6c7ccccc7c4c56)cc3c(=O)n12. The molecule has 0 fully saturated rings. The summed E-state index contributed by atoms with van der Waals surface area (Å²) in [4.78, 5) is 28.6. The maximum atomic E-state index is 14.3. The van der Waals surface area contributed by atoms with E-state index < -0.39 is 0 Å². The van der Waals surface area contributed by atoms with E-state index >= 15 is 0 Å². The molecule has 6 heteroatoms. The highest BCUT2D eigenvalue weighted by molar-refractivity contribution is 6.28. The molecule has 0 saturated heterocycles. The van der Waals surface area contributed by atoms with Gasteiger partial charge in [-0.15, -0.1) is 0 Å². The number of nitrogens with zero attached hydrogens (tertiary/aromatic N) is 4.